The van der Waals surface area contributed by atoms with Crippen LogP contribution >= 0.6 is 0 Å². The molecule has 20 heavy (non-hydrogen) atoms. The molecule has 3 aromatic rings. The van der Waals surface area contributed by atoms with Crippen molar-refractivity contribution in [3.05, 3.63) is 65.1 Å². The molecule has 1 heterocycles. The van der Waals surface area contributed by atoms with Crippen molar-refractivity contribution in [1.82, 2.24) is 4.98 Å². The molecule has 0 fully saturated rings. The largest absolute Gasteiger partial charge is 0.396 e. The Morgan fingerprint density at radius 1 is 1.20 bits per heavy atom. The number of hydrogen-bond acceptors (Lipinski definition) is 2. The number of aromatic amines is 1. The third-order valence-electron chi connectivity index (χ3n) is 3.38. The molecule has 0 radical (unpaired) electrons. The van der Waals surface area contributed by atoms with Gasteiger partial charge in [-0.15, -0.1) is 0 Å². The molecule has 2 aromatic carbocycles. The summed E-state index contributed by atoms with van der Waals surface area (Å²) in [4.78, 5) is 15.8. The first kappa shape index (κ1) is 12.4. The second-order valence-electron chi connectivity index (χ2n) is 4.74. The number of aromatic nitrogens is 1. The maximum absolute atomic E-state index is 13.2. The Bertz CT molecular complexity index is 820. The van der Waals surface area contributed by atoms with Gasteiger partial charge in [0.25, 0.3) is 0 Å². The maximum Gasteiger partial charge on any atom is 0.195 e. The molecule has 0 atom stereocenters. The van der Waals surface area contributed by atoms with Crippen LogP contribution in [0.25, 0.3) is 10.9 Å². The zero-order valence-corrected chi connectivity index (χ0v) is 10.9. The van der Waals surface area contributed by atoms with Crippen LogP contribution in [-0.4, -0.2) is 10.8 Å². The molecular weight excluding hydrogens is 255 g/mol. The summed E-state index contributed by atoms with van der Waals surface area (Å²) in [5, 5.41) is 0.859. The van der Waals surface area contributed by atoms with E-state index in [4.69, 9.17) is 5.73 Å². The van der Waals surface area contributed by atoms with Crippen molar-refractivity contribution in [2.45, 2.75) is 6.92 Å². The fourth-order valence-corrected chi connectivity index (χ4v) is 2.40. The molecule has 0 aliphatic rings. The summed E-state index contributed by atoms with van der Waals surface area (Å²) in [6.07, 6.45) is 0. The van der Waals surface area contributed by atoms with Crippen molar-refractivity contribution in [2.24, 2.45) is 0 Å². The molecular formula is C16H13FN2O. The van der Waals surface area contributed by atoms with Gasteiger partial charge >= 0.3 is 0 Å². The van der Waals surface area contributed by atoms with E-state index in [9.17, 15) is 9.18 Å². The lowest BCUT2D eigenvalue weighted by molar-refractivity contribution is 0.104. The highest BCUT2D eigenvalue weighted by molar-refractivity contribution is 6.17. The minimum absolute atomic E-state index is 0.0201. The zero-order valence-electron chi connectivity index (χ0n) is 10.9. The number of carbonyl (C=O) groups excluding carboxylic acids is 1. The lowest BCUT2D eigenvalue weighted by Gasteiger charge is -2.03. The molecule has 0 bridgehead atoms. The molecule has 3 rings (SSSR count). The Morgan fingerprint density at radius 2 is 1.95 bits per heavy atom. The van der Waals surface area contributed by atoms with Crippen LogP contribution in [0, 0.1) is 12.7 Å². The number of ketones is 1. The lowest BCUT2D eigenvalue weighted by atomic mass is 10.00. The predicted molar refractivity (Wildman–Crippen MR) is 77.3 cm³/mol. The fraction of sp³-hybridized carbons (Fsp3) is 0.0625. The standard InChI is InChI=1S/C16H13FN2O/c1-9-15(11-4-2-3-5-14(11)19-9)16(20)10-6-7-12(17)13(18)8-10/h2-8,19H,18H2,1H3. The van der Waals surface area contributed by atoms with Crippen LogP contribution in [0.1, 0.15) is 21.6 Å². The third-order valence-corrected chi connectivity index (χ3v) is 3.38. The van der Waals surface area contributed by atoms with E-state index >= 15 is 0 Å². The van der Waals surface area contributed by atoms with Gasteiger partial charge in [0.2, 0.25) is 0 Å². The number of fused-ring (bicyclic) bond motifs is 1. The minimum atomic E-state index is -0.516. The number of nitrogen functional groups attached to an aromatic ring is 1. The molecule has 100 valence electrons. The van der Waals surface area contributed by atoms with E-state index in [-0.39, 0.29) is 11.5 Å². The summed E-state index contributed by atoms with van der Waals surface area (Å²) in [5.74, 6) is -0.677. The van der Waals surface area contributed by atoms with E-state index in [0.717, 1.165) is 16.6 Å². The van der Waals surface area contributed by atoms with Gasteiger partial charge in [-0.2, -0.15) is 0 Å². The minimum Gasteiger partial charge on any atom is -0.396 e. The Morgan fingerprint density at radius 3 is 2.70 bits per heavy atom. The number of para-hydroxylation sites is 1. The molecule has 0 saturated carbocycles. The fourth-order valence-electron chi connectivity index (χ4n) is 2.40. The predicted octanol–water partition coefficient (Wildman–Crippen LogP) is 3.43. The van der Waals surface area contributed by atoms with Gasteiger partial charge in [0.1, 0.15) is 5.82 Å². The smallest absolute Gasteiger partial charge is 0.195 e. The Balaban J connectivity index is 2.17. The summed E-state index contributed by atoms with van der Waals surface area (Å²) in [5.41, 5.74) is 8.19. The maximum atomic E-state index is 13.2. The first-order valence-electron chi connectivity index (χ1n) is 6.25. The second kappa shape index (κ2) is 4.49. The van der Waals surface area contributed by atoms with Crippen LogP contribution in [0.3, 0.4) is 0 Å². The van der Waals surface area contributed by atoms with E-state index in [1.165, 1.54) is 18.2 Å². The first-order valence-corrected chi connectivity index (χ1v) is 6.25. The number of hydrogen-bond donors (Lipinski definition) is 2. The number of halogens is 1. The van der Waals surface area contributed by atoms with Crippen molar-refractivity contribution in [3.8, 4) is 0 Å². The monoisotopic (exact) mass is 268 g/mol. The van der Waals surface area contributed by atoms with Gasteiger partial charge in [-0.25, -0.2) is 4.39 Å². The van der Waals surface area contributed by atoms with Crippen molar-refractivity contribution in [3.63, 3.8) is 0 Å². The normalized spacial score (nSPS) is 10.9. The van der Waals surface area contributed by atoms with E-state index < -0.39 is 5.82 Å². The quantitative estimate of drug-likeness (QED) is 0.552. The van der Waals surface area contributed by atoms with Crippen molar-refractivity contribution in [1.29, 1.82) is 0 Å². The second-order valence-corrected chi connectivity index (χ2v) is 4.74. The summed E-state index contributed by atoms with van der Waals surface area (Å²) in [7, 11) is 0. The van der Waals surface area contributed by atoms with Crippen LogP contribution in [0.2, 0.25) is 0 Å². The number of aryl methyl sites for hydroxylation is 1. The van der Waals surface area contributed by atoms with Gasteiger partial charge in [-0.1, -0.05) is 18.2 Å². The summed E-state index contributed by atoms with van der Waals surface area (Å²) in [6.45, 7) is 1.85. The summed E-state index contributed by atoms with van der Waals surface area (Å²) < 4.78 is 13.2. The van der Waals surface area contributed by atoms with E-state index in [1.807, 2.05) is 31.2 Å². The van der Waals surface area contributed by atoms with Gasteiger partial charge < -0.3 is 10.7 Å². The Labute approximate surface area is 115 Å². The number of carbonyl (C=O) groups is 1. The van der Waals surface area contributed by atoms with Gasteiger partial charge in [0, 0.05) is 22.2 Å². The molecule has 1 aromatic heterocycles. The lowest BCUT2D eigenvalue weighted by Crippen LogP contribution is -2.04. The number of nitrogens with two attached hydrogens (primary N) is 1. The van der Waals surface area contributed by atoms with Crippen LogP contribution in [0.15, 0.2) is 42.5 Å². The third kappa shape index (κ3) is 1.86. The number of nitrogens with one attached hydrogen (secondary N) is 1. The highest BCUT2D eigenvalue weighted by atomic mass is 19.1. The zero-order chi connectivity index (χ0) is 14.3. The molecule has 4 heteroatoms. The SMILES string of the molecule is Cc1[nH]c2ccccc2c1C(=O)c1ccc(F)c(N)c1. The van der Waals surface area contributed by atoms with E-state index in [1.54, 1.807) is 0 Å². The summed E-state index contributed by atoms with van der Waals surface area (Å²) >= 11 is 0. The number of benzene rings is 2. The molecule has 0 amide bonds. The van der Waals surface area contributed by atoms with E-state index in [2.05, 4.69) is 4.98 Å². The molecule has 3 N–H and O–H groups in total. The van der Waals surface area contributed by atoms with Crippen molar-refractivity contribution < 1.29 is 9.18 Å². The van der Waals surface area contributed by atoms with Crippen LogP contribution in [0.4, 0.5) is 10.1 Å². The van der Waals surface area contributed by atoms with Crippen LogP contribution in [0.5, 0.6) is 0 Å². The topological polar surface area (TPSA) is 58.9 Å². The number of anilines is 1. The molecule has 0 unspecified atom stereocenters. The molecule has 3 nitrogen and oxygen atoms in total. The Kier molecular flexibility index (Phi) is 2.79. The molecule has 0 aliphatic heterocycles. The van der Waals surface area contributed by atoms with Gasteiger partial charge in [-0.3, -0.25) is 4.79 Å². The van der Waals surface area contributed by atoms with Gasteiger partial charge in [-0.05, 0) is 31.2 Å². The average molecular weight is 268 g/mol. The van der Waals surface area contributed by atoms with E-state index in [0.29, 0.717) is 11.1 Å². The Hall–Kier alpha value is -2.62. The van der Waals surface area contributed by atoms with Crippen molar-refractivity contribution >= 4 is 22.4 Å². The average Bonchev–Trinajstić information content (AvgIpc) is 2.77. The molecule has 0 saturated heterocycles. The first-order chi connectivity index (χ1) is 9.58. The number of H-pyrrole nitrogens is 1. The van der Waals surface area contributed by atoms with Gasteiger partial charge in [0.05, 0.1) is 11.3 Å². The highest BCUT2D eigenvalue weighted by Gasteiger charge is 2.18. The van der Waals surface area contributed by atoms with Crippen LogP contribution < -0.4 is 5.73 Å². The molecule has 0 aliphatic carbocycles. The van der Waals surface area contributed by atoms with Gasteiger partial charge in [0.15, 0.2) is 5.78 Å². The summed E-state index contributed by atoms with van der Waals surface area (Å²) in [6, 6.07) is 11.6. The van der Waals surface area contributed by atoms with Crippen LogP contribution in [-0.2, 0) is 0 Å². The molecule has 0 spiro atoms. The van der Waals surface area contributed by atoms with Crippen molar-refractivity contribution in [2.75, 3.05) is 5.73 Å². The number of rotatable bonds is 2. The highest BCUT2D eigenvalue weighted by Crippen LogP contribution is 2.25.